The maximum atomic E-state index is 5.58. The monoisotopic (exact) mass is 819 g/mol. The highest BCUT2D eigenvalue weighted by atomic mass is 14.8. The van der Waals surface area contributed by atoms with Crippen LogP contribution in [0.5, 0.6) is 0 Å². The Morgan fingerprint density at radius 2 is 1.06 bits per heavy atom. The fourth-order valence-electron chi connectivity index (χ4n) is 10.8. The third-order valence-corrected chi connectivity index (χ3v) is 13.7. The molecule has 1 aliphatic heterocycles. The molecule has 4 aliphatic rings. The summed E-state index contributed by atoms with van der Waals surface area (Å²) in [6.45, 7) is 4.54. The highest BCUT2D eigenvalue weighted by Crippen LogP contribution is 2.61. The molecule has 1 heteroatoms. The number of rotatable bonds is 4. The molecule has 64 heavy (non-hydrogen) atoms. The zero-order valence-electron chi connectivity index (χ0n) is 36.4. The van der Waals surface area contributed by atoms with Crippen molar-refractivity contribution in [3.8, 4) is 33.4 Å². The molecule has 1 spiro atoms. The molecule has 0 fully saturated rings. The summed E-state index contributed by atoms with van der Waals surface area (Å²) in [5, 5.41) is 0. The van der Waals surface area contributed by atoms with Crippen LogP contribution in [-0.2, 0) is 11.8 Å². The van der Waals surface area contributed by atoms with Crippen molar-refractivity contribution in [2.45, 2.75) is 38.5 Å². The highest BCUT2D eigenvalue weighted by molar-refractivity contribution is 6.12. The van der Waals surface area contributed by atoms with Gasteiger partial charge >= 0.3 is 0 Å². The van der Waals surface area contributed by atoms with Gasteiger partial charge in [-0.1, -0.05) is 206 Å². The maximum absolute atomic E-state index is 5.58. The lowest BCUT2D eigenvalue weighted by Crippen LogP contribution is -2.32. The zero-order valence-corrected chi connectivity index (χ0v) is 36.4. The molecule has 11 rings (SSSR count). The van der Waals surface area contributed by atoms with E-state index in [9.17, 15) is 0 Å². The average molecular weight is 820 g/mol. The summed E-state index contributed by atoms with van der Waals surface area (Å²) in [4.78, 5) is 5.58. The van der Waals surface area contributed by atoms with Gasteiger partial charge in [0.05, 0.1) is 16.8 Å². The summed E-state index contributed by atoms with van der Waals surface area (Å²) < 4.78 is 0. The Balaban J connectivity index is 1.12. The van der Waals surface area contributed by atoms with E-state index in [-0.39, 0.29) is 0 Å². The van der Waals surface area contributed by atoms with Crippen molar-refractivity contribution in [1.82, 2.24) is 0 Å². The topological polar surface area (TPSA) is 12.4 Å². The molecule has 0 aromatic heterocycles. The summed E-state index contributed by atoms with van der Waals surface area (Å²) in [6, 6.07) is 60.9. The van der Waals surface area contributed by atoms with Gasteiger partial charge < -0.3 is 0 Å². The fourth-order valence-corrected chi connectivity index (χ4v) is 10.8. The second-order valence-electron chi connectivity index (χ2n) is 17.3. The SMILES string of the molecule is CC1=C(c2cccc(-c3cccc4c3C3=C(C=CCC3)C43c4ccccc4Cc4ccccc4-c4cccc3c4C)c2)/N=C(c2cccc(-c3ccccc3)c2)/C=C/C=C/C=C/C=C\1. The first-order chi connectivity index (χ1) is 31.6. The lowest BCUT2D eigenvalue weighted by atomic mass is 9.63. The van der Waals surface area contributed by atoms with E-state index in [1.165, 1.54) is 83.5 Å². The van der Waals surface area contributed by atoms with Crippen molar-refractivity contribution in [1.29, 1.82) is 0 Å². The molecule has 1 unspecified atom stereocenters. The van der Waals surface area contributed by atoms with Crippen molar-refractivity contribution in [2.24, 2.45) is 4.99 Å². The number of benzene rings is 7. The van der Waals surface area contributed by atoms with E-state index < -0.39 is 5.41 Å². The van der Waals surface area contributed by atoms with Crippen LogP contribution in [0.25, 0.3) is 44.7 Å². The molecule has 0 saturated carbocycles. The molecular formula is C63H49N. The zero-order chi connectivity index (χ0) is 43.0. The van der Waals surface area contributed by atoms with Gasteiger partial charge in [0.1, 0.15) is 0 Å². The van der Waals surface area contributed by atoms with E-state index in [4.69, 9.17) is 4.99 Å². The van der Waals surface area contributed by atoms with Gasteiger partial charge in [0, 0.05) is 11.1 Å². The second-order valence-corrected chi connectivity index (χ2v) is 17.3. The van der Waals surface area contributed by atoms with Crippen molar-refractivity contribution in [3.63, 3.8) is 0 Å². The molecule has 306 valence electrons. The first-order valence-corrected chi connectivity index (χ1v) is 22.6. The molecule has 2 bridgehead atoms. The maximum Gasteiger partial charge on any atom is 0.0738 e. The van der Waals surface area contributed by atoms with Crippen LogP contribution in [-0.4, -0.2) is 5.71 Å². The molecule has 1 heterocycles. The van der Waals surface area contributed by atoms with Crippen LogP contribution in [0.4, 0.5) is 0 Å². The number of nitrogens with zero attached hydrogens (tertiary/aromatic N) is 1. The first kappa shape index (κ1) is 39.3. The molecule has 1 nitrogen and oxygen atoms in total. The van der Waals surface area contributed by atoms with Gasteiger partial charge in [-0.05, 0) is 140 Å². The van der Waals surface area contributed by atoms with Crippen LogP contribution in [0, 0.1) is 6.92 Å². The van der Waals surface area contributed by atoms with Crippen molar-refractivity contribution in [3.05, 3.63) is 286 Å². The van der Waals surface area contributed by atoms with Crippen LogP contribution in [0.1, 0.15) is 69.8 Å². The van der Waals surface area contributed by atoms with Crippen LogP contribution in [0.3, 0.4) is 0 Å². The van der Waals surface area contributed by atoms with E-state index in [1.54, 1.807) is 0 Å². The summed E-state index contributed by atoms with van der Waals surface area (Å²) >= 11 is 0. The van der Waals surface area contributed by atoms with Crippen molar-refractivity contribution < 1.29 is 0 Å². The van der Waals surface area contributed by atoms with Gasteiger partial charge in [0.15, 0.2) is 0 Å². The predicted molar refractivity (Wildman–Crippen MR) is 270 cm³/mol. The number of hydrogen-bond donors (Lipinski definition) is 0. The Kier molecular flexibility index (Phi) is 10.2. The third-order valence-electron chi connectivity index (χ3n) is 13.7. The van der Waals surface area contributed by atoms with Crippen LogP contribution in [0.2, 0.25) is 0 Å². The number of hydrogen-bond acceptors (Lipinski definition) is 1. The predicted octanol–water partition coefficient (Wildman–Crippen LogP) is 15.8. The van der Waals surface area contributed by atoms with Crippen LogP contribution >= 0.6 is 0 Å². The fraction of sp³-hybridized carbons (Fsp3) is 0.0952. The van der Waals surface area contributed by atoms with E-state index in [0.717, 1.165) is 47.4 Å². The van der Waals surface area contributed by atoms with E-state index in [0.29, 0.717) is 0 Å². The highest BCUT2D eigenvalue weighted by Gasteiger charge is 2.50. The van der Waals surface area contributed by atoms with E-state index in [1.807, 2.05) is 0 Å². The molecule has 7 aromatic carbocycles. The lowest BCUT2D eigenvalue weighted by Gasteiger charge is -2.38. The van der Waals surface area contributed by atoms with Crippen molar-refractivity contribution in [2.75, 3.05) is 0 Å². The molecule has 0 saturated heterocycles. The minimum Gasteiger partial charge on any atom is -0.248 e. The van der Waals surface area contributed by atoms with Crippen LogP contribution < -0.4 is 0 Å². The first-order valence-electron chi connectivity index (χ1n) is 22.6. The summed E-state index contributed by atoms with van der Waals surface area (Å²) in [7, 11) is 0. The molecule has 7 aromatic rings. The Morgan fingerprint density at radius 3 is 1.92 bits per heavy atom. The normalized spacial score (nSPS) is 21.3. The van der Waals surface area contributed by atoms with Gasteiger partial charge in [0.2, 0.25) is 0 Å². The van der Waals surface area contributed by atoms with E-state index >= 15 is 0 Å². The Hall–Kier alpha value is -7.61. The van der Waals surface area contributed by atoms with Gasteiger partial charge in [-0.3, -0.25) is 0 Å². The Labute approximate surface area is 377 Å². The van der Waals surface area contributed by atoms with E-state index in [2.05, 4.69) is 238 Å². The summed E-state index contributed by atoms with van der Waals surface area (Å²) in [6.07, 6.45) is 24.6. The van der Waals surface area contributed by atoms with Crippen LogP contribution in [0.15, 0.2) is 241 Å². The molecule has 0 N–H and O–H groups in total. The molecule has 0 radical (unpaired) electrons. The Bertz CT molecular complexity index is 3250. The molecular weight excluding hydrogens is 771 g/mol. The number of aliphatic imine (C=N–C) groups is 1. The minimum absolute atomic E-state index is 0.479. The average Bonchev–Trinajstić information content (AvgIpc) is 3.64. The summed E-state index contributed by atoms with van der Waals surface area (Å²) in [5.74, 6) is 0. The van der Waals surface area contributed by atoms with Gasteiger partial charge in [-0.25, -0.2) is 4.99 Å². The van der Waals surface area contributed by atoms with Gasteiger partial charge in [-0.2, -0.15) is 0 Å². The lowest BCUT2D eigenvalue weighted by molar-refractivity contribution is 0.741. The third kappa shape index (κ3) is 6.68. The largest absolute Gasteiger partial charge is 0.248 e. The second kappa shape index (κ2) is 16.6. The molecule has 3 aliphatic carbocycles. The van der Waals surface area contributed by atoms with Gasteiger partial charge in [0.25, 0.3) is 0 Å². The number of allylic oxidation sites excluding steroid dienone is 13. The standard InChI is InChI=1S/C63H49N/c1-43-22-8-5-3-4-6-11-39-60(50-29-18-27-46(40-50)45-23-9-7-10-24-45)64-62(43)51-30-19-28-48(42-51)54-34-21-38-59-61(54)55-32-15-17-36-58(55)63(59)56-37-20-33-52(44(56)2)53-31-14-12-25-47(53)41-49-26-13-16-35-57(49)63/h3-14,16-31,33-40,42H,15,32,41H2,1-2H3/b4-3?,5-3+,6-4+,8-5?,11-6?,22-8-,39-11+,43-22?,60-39?,62-43-,64-60-,64-62?. The smallest absolute Gasteiger partial charge is 0.0738 e. The van der Waals surface area contributed by atoms with Crippen molar-refractivity contribution >= 4 is 17.0 Å². The quantitative estimate of drug-likeness (QED) is 0.168. The Morgan fingerprint density at radius 1 is 0.453 bits per heavy atom. The van der Waals surface area contributed by atoms with Gasteiger partial charge in [-0.15, -0.1) is 0 Å². The minimum atomic E-state index is -0.479. The molecule has 0 amide bonds. The summed E-state index contributed by atoms with van der Waals surface area (Å²) in [5.41, 5.74) is 24.5. The number of fused-ring (bicyclic) bond motifs is 11. The molecule has 1 atom stereocenters.